The summed E-state index contributed by atoms with van der Waals surface area (Å²) >= 11 is 0. The van der Waals surface area contributed by atoms with Gasteiger partial charge in [-0.25, -0.2) is 0 Å². The van der Waals surface area contributed by atoms with Crippen molar-refractivity contribution in [1.82, 2.24) is 5.32 Å². The quantitative estimate of drug-likeness (QED) is 0.734. The molecule has 1 aromatic rings. The first-order valence-electron chi connectivity index (χ1n) is 7.58. The maximum Gasteiger partial charge on any atom is 0.257 e. The molecule has 6 heteroatoms. The summed E-state index contributed by atoms with van der Waals surface area (Å²) in [5.74, 6) is 0.727. The van der Waals surface area contributed by atoms with E-state index in [1.165, 1.54) is 0 Å². The largest absolute Gasteiger partial charge is 0.484 e. The first-order valence-corrected chi connectivity index (χ1v) is 7.58. The van der Waals surface area contributed by atoms with E-state index in [1.807, 2.05) is 0 Å². The zero-order valence-corrected chi connectivity index (χ0v) is 12.8. The summed E-state index contributed by atoms with van der Waals surface area (Å²) in [5, 5.41) is 5.40. The lowest BCUT2D eigenvalue weighted by Gasteiger charge is -2.17. The Kier molecular flexibility index (Phi) is 5.77. The topological polar surface area (TPSA) is 93.5 Å². The summed E-state index contributed by atoms with van der Waals surface area (Å²) in [7, 11) is 1.56. The van der Waals surface area contributed by atoms with Crippen molar-refractivity contribution in [2.24, 2.45) is 17.6 Å². The lowest BCUT2D eigenvalue weighted by Crippen LogP contribution is -2.29. The third-order valence-corrected chi connectivity index (χ3v) is 4.07. The van der Waals surface area contributed by atoms with E-state index in [0.29, 0.717) is 12.3 Å². The van der Waals surface area contributed by atoms with Crippen LogP contribution in [0.5, 0.6) is 5.75 Å². The summed E-state index contributed by atoms with van der Waals surface area (Å²) in [4.78, 5) is 23.4. The van der Waals surface area contributed by atoms with E-state index in [2.05, 4.69) is 10.6 Å². The Morgan fingerprint density at radius 2 is 2.00 bits per heavy atom. The lowest BCUT2D eigenvalue weighted by molar-refractivity contribution is -0.122. The van der Waals surface area contributed by atoms with Gasteiger partial charge in [0, 0.05) is 18.7 Å². The highest BCUT2D eigenvalue weighted by Gasteiger charge is 2.31. The van der Waals surface area contributed by atoms with Gasteiger partial charge in [-0.1, -0.05) is 6.42 Å². The summed E-state index contributed by atoms with van der Waals surface area (Å²) in [5.41, 5.74) is 6.44. The number of ether oxygens (including phenoxy) is 1. The van der Waals surface area contributed by atoms with E-state index in [9.17, 15) is 9.59 Å². The molecule has 0 aromatic heterocycles. The Bertz CT molecular complexity index is 516. The van der Waals surface area contributed by atoms with Gasteiger partial charge in [0.2, 0.25) is 5.91 Å². The Labute approximate surface area is 130 Å². The van der Waals surface area contributed by atoms with Crippen molar-refractivity contribution in [2.45, 2.75) is 19.3 Å². The van der Waals surface area contributed by atoms with Gasteiger partial charge in [-0.3, -0.25) is 9.59 Å². The summed E-state index contributed by atoms with van der Waals surface area (Å²) in [6.07, 6.45) is 2.99. The molecule has 1 aromatic carbocycles. The number of rotatable bonds is 6. The van der Waals surface area contributed by atoms with Crippen LogP contribution in [0.2, 0.25) is 0 Å². The van der Waals surface area contributed by atoms with Crippen LogP contribution in [-0.4, -0.2) is 32.0 Å². The Hall–Kier alpha value is -2.08. The average Bonchev–Trinajstić information content (AvgIpc) is 3.02. The molecule has 2 atom stereocenters. The van der Waals surface area contributed by atoms with Crippen molar-refractivity contribution in [3.63, 3.8) is 0 Å². The van der Waals surface area contributed by atoms with Crippen LogP contribution < -0.4 is 21.1 Å². The number of amides is 2. The minimum atomic E-state index is -0.188. The second-order valence-electron chi connectivity index (χ2n) is 5.51. The van der Waals surface area contributed by atoms with Crippen LogP contribution in [-0.2, 0) is 9.59 Å². The molecule has 0 bridgehead atoms. The third-order valence-electron chi connectivity index (χ3n) is 4.07. The van der Waals surface area contributed by atoms with Crippen LogP contribution in [0.4, 0.5) is 5.69 Å². The Balaban J connectivity index is 1.88. The molecule has 22 heavy (non-hydrogen) atoms. The number of likely N-dealkylation sites (N-methyl/N-ethyl adjacent to an activating group) is 1. The summed E-state index contributed by atoms with van der Waals surface area (Å²) in [6, 6.07) is 6.99. The van der Waals surface area contributed by atoms with Crippen LogP contribution in [0.3, 0.4) is 0 Å². The number of carbonyl (C=O) groups excluding carboxylic acids is 2. The van der Waals surface area contributed by atoms with Crippen molar-refractivity contribution in [3.05, 3.63) is 24.3 Å². The molecule has 0 saturated heterocycles. The van der Waals surface area contributed by atoms with Gasteiger partial charge < -0.3 is 21.1 Å². The van der Waals surface area contributed by atoms with E-state index in [-0.39, 0.29) is 30.3 Å². The number of hydrogen-bond acceptors (Lipinski definition) is 4. The highest BCUT2D eigenvalue weighted by molar-refractivity contribution is 5.93. The van der Waals surface area contributed by atoms with E-state index in [1.54, 1.807) is 31.3 Å². The number of nitrogens with one attached hydrogen (secondary N) is 2. The number of nitrogens with two attached hydrogens (primary N) is 1. The zero-order chi connectivity index (χ0) is 15.9. The van der Waals surface area contributed by atoms with E-state index >= 15 is 0 Å². The molecule has 0 unspecified atom stereocenters. The molecule has 1 saturated carbocycles. The van der Waals surface area contributed by atoms with Gasteiger partial charge in [0.25, 0.3) is 5.91 Å². The van der Waals surface area contributed by atoms with Crippen molar-refractivity contribution in [1.29, 1.82) is 0 Å². The molecule has 4 N–H and O–H groups in total. The highest BCUT2D eigenvalue weighted by Crippen LogP contribution is 2.32. The molecule has 1 aliphatic carbocycles. The Morgan fingerprint density at radius 3 is 2.64 bits per heavy atom. The van der Waals surface area contributed by atoms with Crippen LogP contribution in [0.1, 0.15) is 19.3 Å². The maximum atomic E-state index is 12.3. The molecule has 0 heterocycles. The molecule has 2 amide bonds. The van der Waals surface area contributed by atoms with Gasteiger partial charge >= 0.3 is 0 Å². The standard InChI is InChI=1S/C16H23N3O3/c1-18-15(20)10-22-13-7-5-12(6-8-13)19-16(21)14-4-2-3-11(14)9-17/h5-8,11,14H,2-4,9-10,17H2,1H3,(H,18,20)(H,19,21)/t11-,14-/m1/s1. The number of benzene rings is 1. The molecular formula is C16H23N3O3. The van der Waals surface area contributed by atoms with Crippen molar-refractivity contribution in [3.8, 4) is 5.75 Å². The van der Waals surface area contributed by atoms with E-state index < -0.39 is 0 Å². The van der Waals surface area contributed by atoms with Crippen LogP contribution >= 0.6 is 0 Å². The predicted octanol–water partition coefficient (Wildman–Crippen LogP) is 1.12. The molecule has 1 aliphatic rings. The molecule has 120 valence electrons. The van der Waals surface area contributed by atoms with Crippen LogP contribution in [0.15, 0.2) is 24.3 Å². The molecule has 1 fully saturated rings. The summed E-state index contributed by atoms with van der Waals surface area (Å²) in [6.45, 7) is 0.535. The first-order chi connectivity index (χ1) is 10.6. The molecule has 0 aliphatic heterocycles. The number of anilines is 1. The second kappa shape index (κ2) is 7.79. The lowest BCUT2D eigenvalue weighted by atomic mass is 9.95. The van der Waals surface area contributed by atoms with Crippen molar-refractivity contribution >= 4 is 17.5 Å². The smallest absolute Gasteiger partial charge is 0.257 e. The molecule has 6 nitrogen and oxygen atoms in total. The Morgan fingerprint density at radius 1 is 1.27 bits per heavy atom. The normalized spacial score (nSPS) is 20.5. The fraction of sp³-hybridized carbons (Fsp3) is 0.500. The van der Waals surface area contributed by atoms with Gasteiger partial charge in [-0.05, 0) is 49.6 Å². The maximum absolute atomic E-state index is 12.3. The van der Waals surface area contributed by atoms with Gasteiger partial charge in [0.1, 0.15) is 5.75 Å². The van der Waals surface area contributed by atoms with Crippen LogP contribution in [0, 0.1) is 11.8 Å². The predicted molar refractivity (Wildman–Crippen MR) is 84.5 cm³/mol. The van der Waals surface area contributed by atoms with E-state index in [0.717, 1.165) is 24.9 Å². The second-order valence-corrected chi connectivity index (χ2v) is 5.51. The molecule has 0 spiro atoms. The molecular weight excluding hydrogens is 282 g/mol. The highest BCUT2D eigenvalue weighted by atomic mass is 16.5. The number of hydrogen-bond donors (Lipinski definition) is 3. The molecule has 0 radical (unpaired) electrons. The fourth-order valence-electron chi connectivity index (χ4n) is 2.75. The zero-order valence-electron chi connectivity index (χ0n) is 12.8. The monoisotopic (exact) mass is 305 g/mol. The van der Waals surface area contributed by atoms with Crippen molar-refractivity contribution in [2.75, 3.05) is 25.5 Å². The van der Waals surface area contributed by atoms with Gasteiger partial charge in [-0.2, -0.15) is 0 Å². The average molecular weight is 305 g/mol. The minimum Gasteiger partial charge on any atom is -0.484 e. The van der Waals surface area contributed by atoms with Crippen LogP contribution in [0.25, 0.3) is 0 Å². The summed E-state index contributed by atoms with van der Waals surface area (Å²) < 4.78 is 5.31. The van der Waals surface area contributed by atoms with Gasteiger partial charge in [0.05, 0.1) is 0 Å². The SMILES string of the molecule is CNC(=O)COc1ccc(NC(=O)[C@@H]2CCC[C@@H]2CN)cc1. The van der Waals surface area contributed by atoms with Crippen molar-refractivity contribution < 1.29 is 14.3 Å². The third kappa shape index (κ3) is 4.21. The van der Waals surface area contributed by atoms with Gasteiger partial charge in [0.15, 0.2) is 6.61 Å². The minimum absolute atomic E-state index is 0.00850. The molecule has 2 rings (SSSR count). The first kappa shape index (κ1) is 16.3. The fourth-order valence-corrected chi connectivity index (χ4v) is 2.75. The van der Waals surface area contributed by atoms with Gasteiger partial charge in [-0.15, -0.1) is 0 Å². The number of carbonyl (C=O) groups is 2. The van der Waals surface area contributed by atoms with E-state index in [4.69, 9.17) is 10.5 Å².